The van der Waals surface area contributed by atoms with E-state index in [0.29, 0.717) is 0 Å². The first-order valence-electron chi connectivity index (χ1n) is 4.97. The highest BCUT2D eigenvalue weighted by Gasteiger charge is 2.10. The lowest BCUT2D eigenvalue weighted by Crippen LogP contribution is -1.96. The quantitative estimate of drug-likeness (QED) is 0.643. The zero-order chi connectivity index (χ0) is 9.26. The Hall–Kier alpha value is -1.05. The van der Waals surface area contributed by atoms with E-state index in [-0.39, 0.29) is 0 Å². The Morgan fingerprint density at radius 1 is 1.38 bits per heavy atom. The Labute approximate surface area is 79.3 Å². The summed E-state index contributed by atoms with van der Waals surface area (Å²) >= 11 is 0. The van der Waals surface area contributed by atoms with Gasteiger partial charge in [0.1, 0.15) is 0 Å². The summed E-state index contributed by atoms with van der Waals surface area (Å²) in [6.45, 7) is 2.14. The predicted octanol–water partition coefficient (Wildman–Crippen LogP) is 2.69. The molecule has 2 rings (SSSR count). The summed E-state index contributed by atoms with van der Waals surface area (Å²) in [5.74, 6) is 0. The van der Waals surface area contributed by atoms with Crippen molar-refractivity contribution in [2.24, 2.45) is 7.05 Å². The van der Waals surface area contributed by atoms with E-state index in [9.17, 15) is 0 Å². The van der Waals surface area contributed by atoms with Crippen molar-refractivity contribution < 1.29 is 0 Å². The van der Waals surface area contributed by atoms with Gasteiger partial charge in [0, 0.05) is 18.3 Å². The molecule has 13 heavy (non-hydrogen) atoms. The summed E-state index contributed by atoms with van der Waals surface area (Å²) in [6, 6.07) is 0. The minimum absolute atomic E-state index is 1.23. The summed E-state index contributed by atoms with van der Waals surface area (Å²) in [6.07, 6.45) is 9.51. The van der Waals surface area contributed by atoms with E-state index in [1.54, 1.807) is 0 Å². The predicted molar refractivity (Wildman–Crippen MR) is 54.4 cm³/mol. The van der Waals surface area contributed by atoms with Crippen LogP contribution >= 0.6 is 0 Å². The molecule has 1 aliphatic carbocycles. The Morgan fingerprint density at radius 2 is 2.23 bits per heavy atom. The molecule has 1 aromatic heterocycles. The Bertz CT molecular complexity index is 334. The molecule has 0 aromatic carbocycles. The molecule has 1 heterocycles. The highest BCUT2D eigenvalue weighted by Crippen LogP contribution is 2.28. The van der Waals surface area contributed by atoms with Crippen LogP contribution in [0.25, 0.3) is 5.57 Å². The van der Waals surface area contributed by atoms with Crippen LogP contribution in [0.3, 0.4) is 0 Å². The summed E-state index contributed by atoms with van der Waals surface area (Å²) in [4.78, 5) is 0. The van der Waals surface area contributed by atoms with Crippen LogP contribution in [0.1, 0.15) is 36.9 Å². The third kappa shape index (κ3) is 1.53. The number of rotatable bonds is 1. The maximum Gasteiger partial charge on any atom is 0.0567 e. The molecular weight excluding hydrogens is 160 g/mol. The molecular formula is C11H16N2. The number of nitrogens with zero attached hydrogens (tertiary/aromatic N) is 2. The fourth-order valence-electron chi connectivity index (χ4n) is 1.90. The number of aromatic nitrogens is 2. The first kappa shape index (κ1) is 8.54. The summed E-state index contributed by atoms with van der Waals surface area (Å²) in [5.41, 5.74) is 4.13. The van der Waals surface area contributed by atoms with E-state index in [1.807, 2.05) is 17.9 Å². The van der Waals surface area contributed by atoms with Gasteiger partial charge < -0.3 is 0 Å². The normalized spacial score (nSPS) is 17.2. The topological polar surface area (TPSA) is 17.8 Å². The molecule has 1 aromatic rings. The molecule has 2 nitrogen and oxygen atoms in total. The number of aryl methyl sites for hydroxylation is 1. The van der Waals surface area contributed by atoms with Crippen LogP contribution in [0.2, 0.25) is 0 Å². The van der Waals surface area contributed by atoms with Crippen molar-refractivity contribution in [3.05, 3.63) is 23.5 Å². The second-order valence-electron chi connectivity index (χ2n) is 3.74. The van der Waals surface area contributed by atoms with Gasteiger partial charge in [-0.1, -0.05) is 6.08 Å². The lowest BCUT2D eigenvalue weighted by molar-refractivity contribution is 0.733. The molecule has 2 heteroatoms. The Balaban J connectivity index is 2.34. The summed E-state index contributed by atoms with van der Waals surface area (Å²) in [5, 5.41) is 4.27. The fraction of sp³-hybridized carbons (Fsp3) is 0.545. The van der Waals surface area contributed by atoms with E-state index >= 15 is 0 Å². The summed E-state index contributed by atoms with van der Waals surface area (Å²) in [7, 11) is 2.00. The molecule has 0 unspecified atom stereocenters. The molecule has 1 aliphatic rings. The van der Waals surface area contributed by atoms with E-state index < -0.39 is 0 Å². The van der Waals surface area contributed by atoms with Crippen molar-refractivity contribution in [1.82, 2.24) is 9.78 Å². The average Bonchev–Trinajstić information content (AvgIpc) is 2.49. The SMILES string of the molecule is Cc1c(C2=CCCCC2)cnn1C. The van der Waals surface area contributed by atoms with Gasteiger partial charge in [-0.25, -0.2) is 0 Å². The third-order valence-electron chi connectivity index (χ3n) is 2.87. The lowest BCUT2D eigenvalue weighted by atomic mass is 9.94. The van der Waals surface area contributed by atoms with Crippen molar-refractivity contribution in [3.8, 4) is 0 Å². The van der Waals surface area contributed by atoms with E-state index in [4.69, 9.17) is 0 Å². The molecule has 0 spiro atoms. The Morgan fingerprint density at radius 3 is 2.77 bits per heavy atom. The fourth-order valence-corrected chi connectivity index (χ4v) is 1.90. The Kier molecular flexibility index (Phi) is 2.21. The van der Waals surface area contributed by atoms with E-state index in [0.717, 1.165) is 0 Å². The minimum Gasteiger partial charge on any atom is -0.272 e. The van der Waals surface area contributed by atoms with Crippen LogP contribution in [0.15, 0.2) is 12.3 Å². The van der Waals surface area contributed by atoms with Gasteiger partial charge in [0.2, 0.25) is 0 Å². The van der Waals surface area contributed by atoms with Crippen LogP contribution in [0.4, 0.5) is 0 Å². The lowest BCUT2D eigenvalue weighted by Gasteiger charge is -2.11. The van der Waals surface area contributed by atoms with Crippen LogP contribution in [-0.2, 0) is 7.05 Å². The molecule has 0 bridgehead atoms. The van der Waals surface area contributed by atoms with E-state index in [2.05, 4.69) is 18.1 Å². The third-order valence-corrected chi connectivity index (χ3v) is 2.87. The first-order valence-corrected chi connectivity index (χ1v) is 4.97. The largest absolute Gasteiger partial charge is 0.272 e. The smallest absolute Gasteiger partial charge is 0.0567 e. The zero-order valence-corrected chi connectivity index (χ0v) is 8.38. The van der Waals surface area contributed by atoms with Gasteiger partial charge in [-0.05, 0) is 38.2 Å². The summed E-state index contributed by atoms with van der Waals surface area (Å²) < 4.78 is 1.95. The molecule has 0 atom stereocenters. The molecule has 0 aliphatic heterocycles. The molecule has 0 saturated heterocycles. The van der Waals surface area contributed by atoms with Gasteiger partial charge in [-0.2, -0.15) is 5.10 Å². The molecule has 0 saturated carbocycles. The monoisotopic (exact) mass is 176 g/mol. The molecule has 0 fully saturated rings. The zero-order valence-electron chi connectivity index (χ0n) is 8.38. The minimum atomic E-state index is 1.23. The maximum absolute atomic E-state index is 4.27. The van der Waals surface area contributed by atoms with Crippen molar-refractivity contribution in [2.75, 3.05) is 0 Å². The molecule has 70 valence electrons. The maximum atomic E-state index is 4.27. The molecule has 0 N–H and O–H groups in total. The van der Waals surface area contributed by atoms with Crippen molar-refractivity contribution >= 4 is 5.57 Å². The van der Waals surface area contributed by atoms with Gasteiger partial charge in [0.15, 0.2) is 0 Å². The van der Waals surface area contributed by atoms with Crippen LogP contribution in [-0.4, -0.2) is 9.78 Å². The average molecular weight is 176 g/mol. The van der Waals surface area contributed by atoms with Gasteiger partial charge in [-0.15, -0.1) is 0 Å². The van der Waals surface area contributed by atoms with Crippen LogP contribution in [0.5, 0.6) is 0 Å². The number of allylic oxidation sites excluding steroid dienone is 2. The van der Waals surface area contributed by atoms with Crippen molar-refractivity contribution in [1.29, 1.82) is 0 Å². The van der Waals surface area contributed by atoms with Gasteiger partial charge >= 0.3 is 0 Å². The second-order valence-corrected chi connectivity index (χ2v) is 3.74. The number of hydrogen-bond acceptors (Lipinski definition) is 1. The van der Waals surface area contributed by atoms with Crippen molar-refractivity contribution in [2.45, 2.75) is 32.6 Å². The second kappa shape index (κ2) is 3.36. The van der Waals surface area contributed by atoms with Crippen molar-refractivity contribution in [3.63, 3.8) is 0 Å². The molecule has 0 amide bonds. The highest BCUT2D eigenvalue weighted by atomic mass is 15.3. The highest BCUT2D eigenvalue weighted by molar-refractivity contribution is 5.67. The van der Waals surface area contributed by atoms with E-state index in [1.165, 1.54) is 42.5 Å². The number of hydrogen-bond donors (Lipinski definition) is 0. The molecule has 0 radical (unpaired) electrons. The van der Waals surface area contributed by atoms with Crippen LogP contribution in [0, 0.1) is 6.92 Å². The first-order chi connectivity index (χ1) is 6.29. The van der Waals surface area contributed by atoms with Gasteiger partial charge in [-0.3, -0.25) is 4.68 Å². The van der Waals surface area contributed by atoms with Gasteiger partial charge in [0.05, 0.1) is 6.20 Å². The van der Waals surface area contributed by atoms with Crippen LogP contribution < -0.4 is 0 Å². The van der Waals surface area contributed by atoms with Gasteiger partial charge in [0.25, 0.3) is 0 Å². The standard InChI is InChI=1S/C11H16N2/c1-9-11(8-12-13(9)2)10-6-4-3-5-7-10/h6,8H,3-5,7H2,1-2H3.